The second-order valence-electron chi connectivity index (χ2n) is 7.33. The van der Waals surface area contributed by atoms with Gasteiger partial charge in [-0.2, -0.15) is 5.26 Å². The van der Waals surface area contributed by atoms with E-state index in [0.29, 0.717) is 17.0 Å². The second kappa shape index (κ2) is 9.23. The predicted molar refractivity (Wildman–Crippen MR) is 109 cm³/mol. The Morgan fingerprint density at radius 1 is 1.18 bits per heavy atom. The van der Waals surface area contributed by atoms with Crippen LogP contribution in [0.5, 0.6) is 5.75 Å². The lowest BCUT2D eigenvalue weighted by molar-refractivity contribution is -0.124. The number of carbonyl (C=O) groups is 1. The Kier molecular flexibility index (Phi) is 6.49. The van der Waals surface area contributed by atoms with Gasteiger partial charge in [0.1, 0.15) is 17.6 Å². The first-order valence-corrected chi connectivity index (χ1v) is 9.76. The summed E-state index contributed by atoms with van der Waals surface area (Å²) in [5, 5.41) is 12.1. The number of benzene rings is 1. The quantitative estimate of drug-likeness (QED) is 0.822. The summed E-state index contributed by atoms with van der Waals surface area (Å²) in [6, 6.07) is 12.8. The Bertz CT molecular complexity index is 836. The van der Waals surface area contributed by atoms with Gasteiger partial charge >= 0.3 is 0 Å². The number of nitrogens with one attached hydrogen (secondary N) is 1. The Hall–Kier alpha value is -3.07. The van der Waals surface area contributed by atoms with E-state index in [2.05, 4.69) is 21.3 Å². The summed E-state index contributed by atoms with van der Waals surface area (Å²) in [7, 11) is 0. The van der Waals surface area contributed by atoms with Crippen molar-refractivity contribution in [3.63, 3.8) is 0 Å². The third kappa shape index (κ3) is 4.80. The average Bonchev–Trinajstić information content (AvgIpc) is 2.73. The molecule has 2 heterocycles. The van der Waals surface area contributed by atoms with Gasteiger partial charge in [-0.15, -0.1) is 0 Å². The lowest BCUT2D eigenvalue weighted by atomic mass is 10.1. The summed E-state index contributed by atoms with van der Waals surface area (Å²) >= 11 is 0. The van der Waals surface area contributed by atoms with Crippen molar-refractivity contribution in [2.45, 2.75) is 39.2 Å². The fourth-order valence-corrected chi connectivity index (χ4v) is 3.27. The summed E-state index contributed by atoms with van der Waals surface area (Å²) < 4.78 is 5.89. The average molecular weight is 378 g/mol. The van der Waals surface area contributed by atoms with Gasteiger partial charge in [-0.05, 0) is 49.4 Å². The number of anilines is 2. The SMILES string of the molecule is CC(C)C(Oc1ccccc1C#N)C(=O)Nc1ccc(N2CCCCC2)nc1. The minimum Gasteiger partial charge on any atom is -0.479 e. The molecule has 1 aromatic heterocycles. The van der Waals surface area contributed by atoms with Gasteiger partial charge in [0.25, 0.3) is 5.91 Å². The van der Waals surface area contributed by atoms with Crippen LogP contribution < -0.4 is 15.0 Å². The van der Waals surface area contributed by atoms with Crippen molar-refractivity contribution in [3.05, 3.63) is 48.2 Å². The van der Waals surface area contributed by atoms with Crippen LogP contribution in [-0.4, -0.2) is 30.1 Å². The molecule has 1 N–H and O–H groups in total. The van der Waals surface area contributed by atoms with Gasteiger partial charge in [0.05, 0.1) is 17.4 Å². The molecule has 1 amide bonds. The molecule has 0 spiro atoms. The monoisotopic (exact) mass is 378 g/mol. The van der Waals surface area contributed by atoms with E-state index in [1.165, 1.54) is 19.3 Å². The highest BCUT2D eigenvalue weighted by molar-refractivity contribution is 5.94. The third-order valence-corrected chi connectivity index (χ3v) is 4.82. The molecular formula is C22H26N4O2. The van der Waals surface area contributed by atoms with Crippen molar-refractivity contribution in [2.75, 3.05) is 23.3 Å². The molecule has 1 fully saturated rings. The number of aromatic nitrogens is 1. The lowest BCUT2D eigenvalue weighted by Crippen LogP contribution is -2.37. The molecule has 1 saturated heterocycles. The molecule has 6 nitrogen and oxygen atoms in total. The van der Waals surface area contributed by atoms with Gasteiger partial charge < -0.3 is 15.0 Å². The van der Waals surface area contributed by atoms with Crippen molar-refractivity contribution in [1.82, 2.24) is 4.98 Å². The van der Waals surface area contributed by atoms with Crippen LogP contribution in [0.2, 0.25) is 0 Å². The van der Waals surface area contributed by atoms with Crippen LogP contribution in [0.1, 0.15) is 38.7 Å². The molecule has 146 valence electrons. The Morgan fingerprint density at radius 2 is 1.93 bits per heavy atom. The summed E-state index contributed by atoms with van der Waals surface area (Å²) in [6.45, 7) is 5.88. The first-order chi connectivity index (χ1) is 13.6. The molecule has 1 aliphatic heterocycles. The van der Waals surface area contributed by atoms with Gasteiger partial charge in [0.15, 0.2) is 6.10 Å². The van der Waals surface area contributed by atoms with Crippen LogP contribution in [0, 0.1) is 17.2 Å². The third-order valence-electron chi connectivity index (χ3n) is 4.82. The van der Waals surface area contributed by atoms with Crippen molar-refractivity contribution >= 4 is 17.4 Å². The van der Waals surface area contributed by atoms with Gasteiger partial charge in [0, 0.05) is 13.1 Å². The maximum atomic E-state index is 12.8. The van der Waals surface area contributed by atoms with Crippen LogP contribution >= 0.6 is 0 Å². The molecule has 0 bridgehead atoms. The summed E-state index contributed by atoms with van der Waals surface area (Å²) in [6.07, 6.45) is 4.63. The van der Waals surface area contributed by atoms with E-state index in [0.717, 1.165) is 18.9 Å². The number of amides is 1. The van der Waals surface area contributed by atoms with Crippen molar-refractivity contribution in [2.24, 2.45) is 5.92 Å². The van der Waals surface area contributed by atoms with E-state index in [1.807, 2.05) is 26.0 Å². The van der Waals surface area contributed by atoms with E-state index in [1.54, 1.807) is 30.5 Å². The molecule has 28 heavy (non-hydrogen) atoms. The van der Waals surface area contributed by atoms with Crippen LogP contribution in [0.25, 0.3) is 0 Å². The Balaban J connectivity index is 1.68. The highest BCUT2D eigenvalue weighted by atomic mass is 16.5. The molecule has 1 unspecified atom stereocenters. The molecule has 0 radical (unpaired) electrons. The number of para-hydroxylation sites is 1. The van der Waals surface area contributed by atoms with E-state index in [4.69, 9.17) is 4.74 Å². The maximum Gasteiger partial charge on any atom is 0.265 e. The zero-order valence-corrected chi connectivity index (χ0v) is 16.4. The second-order valence-corrected chi connectivity index (χ2v) is 7.33. The summed E-state index contributed by atoms with van der Waals surface area (Å²) in [4.78, 5) is 19.6. The zero-order valence-electron chi connectivity index (χ0n) is 16.4. The lowest BCUT2D eigenvalue weighted by Gasteiger charge is -2.27. The summed E-state index contributed by atoms with van der Waals surface area (Å²) in [5.41, 5.74) is 1.04. The van der Waals surface area contributed by atoms with Crippen LogP contribution in [-0.2, 0) is 4.79 Å². The molecular weight excluding hydrogens is 352 g/mol. The molecule has 1 aromatic carbocycles. The molecule has 6 heteroatoms. The number of hydrogen-bond donors (Lipinski definition) is 1. The van der Waals surface area contributed by atoms with Gasteiger partial charge in [-0.1, -0.05) is 26.0 Å². The fraction of sp³-hybridized carbons (Fsp3) is 0.409. The van der Waals surface area contributed by atoms with Crippen LogP contribution in [0.3, 0.4) is 0 Å². The standard InChI is InChI=1S/C22H26N4O2/c1-16(2)21(28-19-9-5-4-8-17(19)14-23)22(27)25-18-10-11-20(24-15-18)26-12-6-3-7-13-26/h4-5,8-11,15-16,21H,3,6-7,12-13H2,1-2H3,(H,25,27). The first-order valence-electron chi connectivity index (χ1n) is 9.76. The fourth-order valence-electron chi connectivity index (χ4n) is 3.27. The number of pyridine rings is 1. The normalized spacial score (nSPS) is 15.0. The number of carbonyl (C=O) groups excluding carboxylic acids is 1. The Labute approximate surface area is 166 Å². The smallest absolute Gasteiger partial charge is 0.265 e. The van der Waals surface area contributed by atoms with Gasteiger partial charge in [-0.25, -0.2) is 4.98 Å². The Morgan fingerprint density at radius 3 is 2.57 bits per heavy atom. The number of nitriles is 1. The molecule has 3 rings (SSSR count). The van der Waals surface area contributed by atoms with Crippen molar-refractivity contribution in [3.8, 4) is 11.8 Å². The predicted octanol–water partition coefficient (Wildman–Crippen LogP) is 3.99. The number of piperidine rings is 1. The van der Waals surface area contributed by atoms with Crippen LogP contribution in [0.15, 0.2) is 42.6 Å². The van der Waals surface area contributed by atoms with Gasteiger partial charge in [0.2, 0.25) is 0 Å². The molecule has 0 aliphatic carbocycles. The van der Waals surface area contributed by atoms with E-state index >= 15 is 0 Å². The molecule has 1 atom stereocenters. The van der Waals surface area contributed by atoms with E-state index in [-0.39, 0.29) is 11.8 Å². The van der Waals surface area contributed by atoms with E-state index < -0.39 is 6.10 Å². The van der Waals surface area contributed by atoms with Crippen molar-refractivity contribution in [1.29, 1.82) is 5.26 Å². The number of rotatable bonds is 6. The first kappa shape index (κ1) is 19.7. The number of ether oxygens (including phenoxy) is 1. The number of hydrogen-bond acceptors (Lipinski definition) is 5. The highest BCUT2D eigenvalue weighted by Crippen LogP contribution is 2.23. The van der Waals surface area contributed by atoms with Crippen LogP contribution in [0.4, 0.5) is 11.5 Å². The maximum absolute atomic E-state index is 12.8. The molecule has 1 aliphatic rings. The molecule has 2 aromatic rings. The van der Waals surface area contributed by atoms with E-state index in [9.17, 15) is 10.1 Å². The largest absolute Gasteiger partial charge is 0.479 e. The topological polar surface area (TPSA) is 78.2 Å². The van der Waals surface area contributed by atoms with Gasteiger partial charge in [-0.3, -0.25) is 4.79 Å². The highest BCUT2D eigenvalue weighted by Gasteiger charge is 2.25. The minimum absolute atomic E-state index is 0.0627. The summed E-state index contributed by atoms with van der Waals surface area (Å²) in [5.74, 6) is 1.04. The zero-order chi connectivity index (χ0) is 19.9. The minimum atomic E-state index is -0.712. The van der Waals surface area contributed by atoms with Crippen molar-refractivity contribution < 1.29 is 9.53 Å². The molecule has 0 saturated carbocycles. The number of nitrogens with zero attached hydrogens (tertiary/aromatic N) is 3.